The van der Waals surface area contributed by atoms with Crippen molar-refractivity contribution in [3.05, 3.63) is 65.7 Å². The molecule has 27 heavy (non-hydrogen) atoms. The molecule has 0 saturated carbocycles. The molecule has 1 aromatic heterocycles. The van der Waals surface area contributed by atoms with Crippen LogP contribution in [-0.2, 0) is 6.42 Å². The summed E-state index contributed by atoms with van der Waals surface area (Å²) in [6, 6.07) is 20.1. The molecular weight excluding hydrogens is 334 g/mol. The molecule has 0 radical (unpaired) electrons. The fourth-order valence-corrected chi connectivity index (χ4v) is 3.14. The van der Waals surface area contributed by atoms with E-state index in [0.29, 0.717) is 12.2 Å². The average molecular weight is 357 g/mol. The second-order valence-electron chi connectivity index (χ2n) is 6.30. The van der Waals surface area contributed by atoms with Crippen LogP contribution in [-0.4, -0.2) is 11.6 Å². The Bertz CT molecular complexity index is 972. The average Bonchev–Trinajstić information content (AvgIpc) is 2.69. The van der Waals surface area contributed by atoms with Crippen LogP contribution in [0.15, 0.2) is 54.6 Å². The first-order valence-electron chi connectivity index (χ1n) is 9.20. The lowest BCUT2D eigenvalue weighted by Gasteiger charge is -2.14. The topological polar surface area (TPSA) is 71.9 Å². The van der Waals surface area contributed by atoms with E-state index in [4.69, 9.17) is 10.5 Å². The fraction of sp³-hybridized carbons (Fsp3) is 0.217. The molecule has 3 rings (SSSR count). The molecule has 2 aromatic carbocycles. The Hall–Kier alpha value is -3.32. The van der Waals surface area contributed by atoms with E-state index in [1.807, 2.05) is 37.3 Å². The van der Waals surface area contributed by atoms with Crippen LogP contribution in [0.3, 0.4) is 0 Å². The van der Waals surface area contributed by atoms with Gasteiger partial charge >= 0.3 is 0 Å². The van der Waals surface area contributed by atoms with E-state index < -0.39 is 0 Å². The van der Waals surface area contributed by atoms with Gasteiger partial charge in [0.15, 0.2) is 0 Å². The highest BCUT2D eigenvalue weighted by Crippen LogP contribution is 2.36. The quantitative estimate of drug-likeness (QED) is 0.656. The van der Waals surface area contributed by atoms with E-state index in [-0.39, 0.29) is 5.82 Å². The third-order valence-electron chi connectivity index (χ3n) is 4.42. The summed E-state index contributed by atoms with van der Waals surface area (Å²) in [7, 11) is 0. The zero-order chi connectivity index (χ0) is 19.2. The summed E-state index contributed by atoms with van der Waals surface area (Å²) in [4.78, 5) is 4.47. The molecule has 1 heterocycles. The number of anilines is 1. The van der Waals surface area contributed by atoms with Crippen molar-refractivity contribution in [2.45, 2.75) is 26.7 Å². The molecule has 0 amide bonds. The zero-order valence-electron chi connectivity index (χ0n) is 15.7. The molecule has 0 aliphatic carbocycles. The number of ether oxygens (including phenoxy) is 1. The Morgan fingerprint density at radius 1 is 1.04 bits per heavy atom. The van der Waals surface area contributed by atoms with E-state index in [1.54, 1.807) is 0 Å². The first-order chi connectivity index (χ1) is 13.2. The number of hydrogen-bond donors (Lipinski definition) is 1. The van der Waals surface area contributed by atoms with E-state index in [9.17, 15) is 5.26 Å². The van der Waals surface area contributed by atoms with Crippen LogP contribution in [0, 0.1) is 11.3 Å². The highest BCUT2D eigenvalue weighted by molar-refractivity contribution is 5.83. The molecule has 2 N–H and O–H groups in total. The van der Waals surface area contributed by atoms with Gasteiger partial charge < -0.3 is 10.5 Å². The number of nitrogens with zero attached hydrogens (tertiary/aromatic N) is 2. The Kier molecular flexibility index (Phi) is 5.73. The molecule has 0 fully saturated rings. The van der Waals surface area contributed by atoms with Gasteiger partial charge in [-0.25, -0.2) is 4.98 Å². The van der Waals surface area contributed by atoms with Crippen molar-refractivity contribution in [2.75, 3.05) is 12.3 Å². The Morgan fingerprint density at radius 2 is 1.78 bits per heavy atom. The van der Waals surface area contributed by atoms with Crippen LogP contribution in [0.1, 0.15) is 31.4 Å². The lowest BCUT2D eigenvalue weighted by molar-refractivity contribution is 0.341. The van der Waals surface area contributed by atoms with Gasteiger partial charge in [-0.1, -0.05) is 55.8 Å². The maximum Gasteiger partial charge on any atom is 0.142 e. The molecule has 0 bridgehead atoms. The maximum atomic E-state index is 9.63. The monoisotopic (exact) mass is 357 g/mol. The van der Waals surface area contributed by atoms with Crippen LogP contribution in [0.2, 0.25) is 0 Å². The number of rotatable bonds is 6. The number of nitrogens with two attached hydrogens (primary N) is 1. The van der Waals surface area contributed by atoms with Crippen LogP contribution >= 0.6 is 0 Å². The van der Waals surface area contributed by atoms with Gasteiger partial charge in [-0.15, -0.1) is 0 Å². The third kappa shape index (κ3) is 3.93. The third-order valence-corrected chi connectivity index (χ3v) is 4.42. The van der Waals surface area contributed by atoms with Gasteiger partial charge in [0.2, 0.25) is 0 Å². The minimum Gasteiger partial charge on any atom is -0.493 e. The van der Waals surface area contributed by atoms with E-state index in [2.05, 4.69) is 42.2 Å². The number of para-hydroxylation sites is 1. The smallest absolute Gasteiger partial charge is 0.142 e. The minimum absolute atomic E-state index is 0.230. The molecule has 3 aromatic rings. The molecule has 136 valence electrons. The van der Waals surface area contributed by atoms with Crippen molar-refractivity contribution >= 4 is 5.82 Å². The van der Waals surface area contributed by atoms with Crippen LogP contribution in [0.4, 0.5) is 5.82 Å². The number of nitriles is 1. The van der Waals surface area contributed by atoms with Gasteiger partial charge in [0.25, 0.3) is 0 Å². The molecule has 4 heteroatoms. The second kappa shape index (κ2) is 8.37. The largest absolute Gasteiger partial charge is 0.493 e. The lowest BCUT2D eigenvalue weighted by Crippen LogP contribution is -2.01. The maximum absolute atomic E-state index is 9.63. The summed E-state index contributed by atoms with van der Waals surface area (Å²) in [5.74, 6) is 0.959. The molecule has 0 aliphatic rings. The SMILES string of the molecule is CCCc1ccc(-c2cc(-c3ccccc3OCC)c(C#N)c(N)n2)cc1. The van der Waals surface area contributed by atoms with Crippen LogP contribution in [0.5, 0.6) is 5.75 Å². The summed E-state index contributed by atoms with van der Waals surface area (Å²) >= 11 is 0. The molecular formula is C23H23N3O. The summed E-state index contributed by atoms with van der Waals surface area (Å²) in [6.07, 6.45) is 2.16. The molecule has 4 nitrogen and oxygen atoms in total. The highest BCUT2D eigenvalue weighted by Gasteiger charge is 2.16. The predicted molar refractivity (Wildman–Crippen MR) is 109 cm³/mol. The van der Waals surface area contributed by atoms with Gasteiger partial charge in [0.05, 0.1) is 12.3 Å². The van der Waals surface area contributed by atoms with Crippen molar-refractivity contribution < 1.29 is 4.74 Å². The second-order valence-corrected chi connectivity index (χ2v) is 6.30. The standard InChI is InChI=1S/C23H23N3O/c1-3-7-16-10-12-17(13-11-16)21-14-19(20(15-24)23(25)26-21)18-8-5-6-9-22(18)27-4-2/h5-6,8-14H,3-4,7H2,1-2H3,(H2,25,26). The summed E-state index contributed by atoms with van der Waals surface area (Å²) in [5, 5.41) is 9.63. The summed E-state index contributed by atoms with van der Waals surface area (Å²) < 4.78 is 5.75. The Morgan fingerprint density at radius 3 is 2.44 bits per heavy atom. The summed E-state index contributed by atoms with van der Waals surface area (Å²) in [5.41, 5.74) is 11.1. The first-order valence-corrected chi connectivity index (χ1v) is 9.20. The van der Waals surface area contributed by atoms with Crippen molar-refractivity contribution in [3.63, 3.8) is 0 Å². The molecule has 0 aliphatic heterocycles. The number of pyridine rings is 1. The van der Waals surface area contributed by atoms with Crippen molar-refractivity contribution in [1.29, 1.82) is 5.26 Å². The summed E-state index contributed by atoms with van der Waals surface area (Å²) in [6.45, 7) is 4.65. The molecule has 0 atom stereocenters. The molecule has 0 spiro atoms. The molecule has 0 unspecified atom stereocenters. The van der Waals surface area contributed by atoms with E-state index in [1.165, 1.54) is 5.56 Å². The van der Waals surface area contributed by atoms with E-state index in [0.717, 1.165) is 41.0 Å². The van der Waals surface area contributed by atoms with Gasteiger partial charge in [-0.05, 0) is 31.0 Å². The van der Waals surface area contributed by atoms with Crippen molar-refractivity contribution in [1.82, 2.24) is 4.98 Å². The van der Waals surface area contributed by atoms with Crippen LogP contribution in [0.25, 0.3) is 22.4 Å². The number of hydrogen-bond acceptors (Lipinski definition) is 4. The number of nitrogen functional groups attached to an aromatic ring is 1. The van der Waals surface area contributed by atoms with E-state index >= 15 is 0 Å². The molecule has 0 saturated heterocycles. The normalized spacial score (nSPS) is 10.4. The fourth-order valence-electron chi connectivity index (χ4n) is 3.14. The Labute approximate surface area is 160 Å². The van der Waals surface area contributed by atoms with Gasteiger partial charge in [0, 0.05) is 16.7 Å². The van der Waals surface area contributed by atoms with Gasteiger partial charge in [-0.2, -0.15) is 5.26 Å². The number of aromatic nitrogens is 1. The van der Waals surface area contributed by atoms with Gasteiger partial charge in [0.1, 0.15) is 23.2 Å². The Balaban J connectivity index is 2.14. The minimum atomic E-state index is 0.230. The first kappa shape index (κ1) is 18.5. The lowest BCUT2D eigenvalue weighted by atomic mass is 9.97. The van der Waals surface area contributed by atoms with Crippen LogP contribution < -0.4 is 10.5 Å². The van der Waals surface area contributed by atoms with Crippen molar-refractivity contribution in [3.8, 4) is 34.2 Å². The van der Waals surface area contributed by atoms with Gasteiger partial charge in [-0.3, -0.25) is 0 Å². The number of benzene rings is 2. The zero-order valence-corrected chi connectivity index (χ0v) is 15.7. The highest BCUT2D eigenvalue weighted by atomic mass is 16.5. The number of aryl methyl sites for hydroxylation is 1. The predicted octanol–water partition coefficient (Wildman–Crippen LogP) is 5.22. The van der Waals surface area contributed by atoms with Crippen molar-refractivity contribution in [2.24, 2.45) is 0 Å².